The Balaban J connectivity index is 1.68. The minimum Gasteiger partial charge on any atom is -0.454 e. The number of ether oxygens (including phenoxy) is 1. The normalized spacial score (nSPS) is 10.2. The van der Waals surface area contributed by atoms with Crippen LogP contribution in [0.25, 0.3) is 0 Å². The van der Waals surface area contributed by atoms with Gasteiger partial charge in [0.25, 0.3) is 11.8 Å². The Kier molecular flexibility index (Phi) is 8.71. The third-order valence-corrected chi connectivity index (χ3v) is 4.13. The predicted octanol–water partition coefficient (Wildman–Crippen LogP) is 2.30. The summed E-state index contributed by atoms with van der Waals surface area (Å²) in [6, 6.07) is 6.75. The van der Waals surface area contributed by atoms with Crippen LogP contribution in [-0.2, 0) is 19.1 Å². The average Bonchev–Trinajstić information content (AvgIpc) is 2.71. The molecule has 0 heterocycles. The monoisotopic (exact) mass is 473 g/mol. The zero-order valence-corrected chi connectivity index (χ0v) is 17.2. The number of esters is 1. The van der Waals surface area contributed by atoms with Gasteiger partial charge < -0.3 is 20.7 Å². The zero-order valence-electron chi connectivity index (χ0n) is 15.6. The lowest BCUT2D eigenvalue weighted by Crippen LogP contribution is -2.39. The van der Waals surface area contributed by atoms with Crippen molar-refractivity contribution in [2.45, 2.75) is 0 Å². The molecule has 0 saturated heterocycles. The minimum atomic E-state index is -0.992. The Bertz CT molecular complexity index is 1020. The van der Waals surface area contributed by atoms with Crippen LogP contribution in [0.3, 0.4) is 0 Å². The maximum Gasteiger partial charge on any atom is 0.325 e. The van der Waals surface area contributed by atoms with Crippen LogP contribution >= 0.6 is 23.2 Å². The number of carbonyl (C=O) groups excluding carboxylic acids is 4. The molecule has 3 N–H and O–H groups in total. The van der Waals surface area contributed by atoms with Crippen molar-refractivity contribution in [2.75, 3.05) is 25.0 Å². The van der Waals surface area contributed by atoms with Gasteiger partial charge in [0.1, 0.15) is 18.2 Å². The van der Waals surface area contributed by atoms with Gasteiger partial charge in [-0.3, -0.25) is 19.2 Å². The lowest BCUT2D eigenvalue weighted by atomic mass is 10.2. The summed E-state index contributed by atoms with van der Waals surface area (Å²) < 4.78 is 30.9. The van der Waals surface area contributed by atoms with E-state index in [0.29, 0.717) is 11.1 Å². The number of amides is 3. The Labute approximate surface area is 184 Å². The third kappa shape index (κ3) is 7.83. The van der Waals surface area contributed by atoms with Gasteiger partial charge in [0.15, 0.2) is 6.61 Å². The first kappa shape index (κ1) is 24.0. The van der Waals surface area contributed by atoms with Crippen LogP contribution < -0.4 is 16.0 Å². The molecular formula is C19H15Cl2F2N3O5. The van der Waals surface area contributed by atoms with Crippen molar-refractivity contribution in [1.29, 1.82) is 0 Å². The fraction of sp³-hybridized carbons (Fsp3) is 0.158. The van der Waals surface area contributed by atoms with E-state index < -0.39 is 55.0 Å². The smallest absolute Gasteiger partial charge is 0.325 e. The van der Waals surface area contributed by atoms with Crippen molar-refractivity contribution in [1.82, 2.24) is 10.6 Å². The SMILES string of the molecule is O=C(CNC(=O)c1ccc(Cl)cc1Cl)NCC(=O)OCC(=O)Nc1ccc(F)cc1F. The van der Waals surface area contributed by atoms with Crippen LogP contribution in [-0.4, -0.2) is 43.4 Å². The molecule has 0 aliphatic carbocycles. The van der Waals surface area contributed by atoms with Crippen molar-refractivity contribution < 1.29 is 32.7 Å². The van der Waals surface area contributed by atoms with E-state index in [1.165, 1.54) is 18.2 Å². The largest absolute Gasteiger partial charge is 0.454 e. The van der Waals surface area contributed by atoms with Gasteiger partial charge in [-0.05, 0) is 30.3 Å². The predicted molar refractivity (Wildman–Crippen MR) is 108 cm³/mol. The molecule has 0 aliphatic heterocycles. The third-order valence-electron chi connectivity index (χ3n) is 3.58. The zero-order chi connectivity index (χ0) is 23.0. The van der Waals surface area contributed by atoms with Gasteiger partial charge in [0.2, 0.25) is 5.91 Å². The molecule has 12 heteroatoms. The summed E-state index contributed by atoms with van der Waals surface area (Å²) in [7, 11) is 0. The maximum atomic E-state index is 13.4. The standard InChI is InChI=1S/C19H15Cl2F2N3O5/c20-10-1-3-12(13(21)5-10)19(30)25-7-16(27)24-8-18(29)31-9-17(28)26-15-4-2-11(22)6-14(15)23/h1-6H,7-9H2,(H,24,27)(H,25,30)(H,26,28). The number of halogens is 4. The first-order valence-corrected chi connectivity index (χ1v) is 9.31. The first-order chi connectivity index (χ1) is 14.7. The van der Waals surface area contributed by atoms with Crippen molar-refractivity contribution in [3.63, 3.8) is 0 Å². The molecule has 0 aliphatic rings. The molecule has 0 unspecified atom stereocenters. The van der Waals surface area contributed by atoms with Crippen molar-refractivity contribution in [2.24, 2.45) is 0 Å². The molecule has 0 bridgehead atoms. The van der Waals surface area contributed by atoms with Crippen LogP contribution in [0.5, 0.6) is 0 Å². The molecule has 3 amide bonds. The molecule has 2 aromatic carbocycles. The summed E-state index contributed by atoms with van der Waals surface area (Å²) in [6.07, 6.45) is 0. The molecule has 8 nitrogen and oxygen atoms in total. The van der Waals surface area contributed by atoms with E-state index in [1.54, 1.807) is 0 Å². The number of hydrogen-bond donors (Lipinski definition) is 3. The van der Waals surface area contributed by atoms with Gasteiger partial charge >= 0.3 is 5.97 Å². The second kappa shape index (κ2) is 11.2. The molecule has 0 radical (unpaired) electrons. The highest BCUT2D eigenvalue weighted by molar-refractivity contribution is 6.36. The second-order valence-electron chi connectivity index (χ2n) is 5.92. The van der Waals surface area contributed by atoms with Crippen LogP contribution in [0, 0.1) is 11.6 Å². The quantitative estimate of drug-likeness (QED) is 0.509. The van der Waals surface area contributed by atoms with Gasteiger partial charge in [-0.2, -0.15) is 0 Å². The Hall–Kier alpha value is -3.24. The van der Waals surface area contributed by atoms with E-state index in [1.807, 2.05) is 0 Å². The molecular weight excluding hydrogens is 459 g/mol. The van der Waals surface area contributed by atoms with Gasteiger partial charge in [0.05, 0.1) is 22.8 Å². The highest BCUT2D eigenvalue weighted by Gasteiger charge is 2.14. The maximum absolute atomic E-state index is 13.4. The molecule has 0 spiro atoms. The Morgan fingerprint density at radius 3 is 2.32 bits per heavy atom. The molecule has 0 aromatic heterocycles. The number of rotatable bonds is 8. The topological polar surface area (TPSA) is 114 Å². The molecule has 0 fully saturated rings. The molecule has 0 saturated carbocycles. The summed E-state index contributed by atoms with van der Waals surface area (Å²) in [5.74, 6) is -4.94. The van der Waals surface area contributed by atoms with E-state index in [2.05, 4.69) is 20.7 Å². The number of benzene rings is 2. The van der Waals surface area contributed by atoms with Crippen molar-refractivity contribution in [3.05, 3.63) is 63.6 Å². The van der Waals surface area contributed by atoms with E-state index >= 15 is 0 Å². The lowest BCUT2D eigenvalue weighted by Gasteiger charge is -2.09. The number of hydrogen-bond acceptors (Lipinski definition) is 5. The van der Waals surface area contributed by atoms with E-state index in [-0.39, 0.29) is 16.3 Å². The second-order valence-corrected chi connectivity index (χ2v) is 6.76. The number of nitrogens with one attached hydrogen (secondary N) is 3. The Morgan fingerprint density at radius 1 is 0.903 bits per heavy atom. The van der Waals surface area contributed by atoms with E-state index in [0.717, 1.165) is 12.1 Å². The fourth-order valence-electron chi connectivity index (χ4n) is 2.14. The van der Waals surface area contributed by atoms with E-state index in [9.17, 15) is 28.0 Å². The summed E-state index contributed by atoms with van der Waals surface area (Å²) in [5, 5.41) is 7.05. The number of anilines is 1. The van der Waals surface area contributed by atoms with Crippen LogP contribution in [0.2, 0.25) is 10.0 Å². The van der Waals surface area contributed by atoms with Crippen molar-refractivity contribution >= 4 is 52.6 Å². The fourth-order valence-corrected chi connectivity index (χ4v) is 2.63. The van der Waals surface area contributed by atoms with Crippen molar-refractivity contribution in [3.8, 4) is 0 Å². The van der Waals surface area contributed by atoms with Gasteiger partial charge in [-0.1, -0.05) is 23.2 Å². The summed E-state index contributed by atoms with van der Waals surface area (Å²) >= 11 is 11.6. The van der Waals surface area contributed by atoms with Gasteiger partial charge in [-0.25, -0.2) is 8.78 Å². The molecule has 0 atom stereocenters. The lowest BCUT2D eigenvalue weighted by molar-refractivity contribution is -0.147. The van der Waals surface area contributed by atoms with Gasteiger partial charge in [-0.15, -0.1) is 0 Å². The first-order valence-electron chi connectivity index (χ1n) is 8.56. The molecule has 2 rings (SSSR count). The highest BCUT2D eigenvalue weighted by Crippen LogP contribution is 2.20. The molecule has 31 heavy (non-hydrogen) atoms. The van der Waals surface area contributed by atoms with Crippen LogP contribution in [0.15, 0.2) is 36.4 Å². The van der Waals surface area contributed by atoms with Crippen LogP contribution in [0.1, 0.15) is 10.4 Å². The number of carbonyl (C=O) groups is 4. The van der Waals surface area contributed by atoms with Gasteiger partial charge in [0, 0.05) is 11.1 Å². The molecule has 164 valence electrons. The Morgan fingerprint density at radius 2 is 1.65 bits per heavy atom. The van der Waals surface area contributed by atoms with E-state index in [4.69, 9.17) is 23.2 Å². The van der Waals surface area contributed by atoms with Crippen LogP contribution in [0.4, 0.5) is 14.5 Å². The summed E-state index contributed by atoms with van der Waals surface area (Å²) in [4.78, 5) is 47.0. The molecule has 2 aromatic rings. The average molecular weight is 474 g/mol. The summed E-state index contributed by atoms with van der Waals surface area (Å²) in [6.45, 7) is -1.78. The highest BCUT2D eigenvalue weighted by atomic mass is 35.5. The minimum absolute atomic E-state index is 0.104. The summed E-state index contributed by atoms with van der Waals surface area (Å²) in [5.41, 5.74) is -0.172.